The Bertz CT molecular complexity index is 520. The minimum Gasteiger partial charge on any atom is -0.314 e. The lowest BCUT2D eigenvalue weighted by Gasteiger charge is -2.04. The van der Waals surface area contributed by atoms with E-state index in [0.717, 1.165) is 12.2 Å². The molecule has 0 spiro atoms. The van der Waals surface area contributed by atoms with Crippen LogP contribution in [0.3, 0.4) is 0 Å². The average Bonchev–Trinajstić information content (AvgIpc) is 2.57. The third-order valence-corrected chi connectivity index (χ3v) is 2.66. The highest BCUT2D eigenvalue weighted by Gasteiger charge is 2.00. The molecule has 0 saturated carbocycles. The van der Waals surface area contributed by atoms with E-state index in [1.54, 1.807) is 22.9 Å². The lowest BCUT2D eigenvalue weighted by molar-refractivity contribution is 0.521. The second-order valence-corrected chi connectivity index (χ2v) is 3.89. The van der Waals surface area contributed by atoms with Crippen molar-refractivity contribution in [3.8, 4) is 0 Å². The first-order valence-electron chi connectivity index (χ1n) is 5.33. The summed E-state index contributed by atoms with van der Waals surface area (Å²) in [4.78, 5) is 11.4. The minimum absolute atomic E-state index is 0.0306. The number of nitrogens with zero attached hydrogens (tertiary/aromatic N) is 3. The van der Waals surface area contributed by atoms with Crippen LogP contribution in [0.2, 0.25) is 0 Å². The summed E-state index contributed by atoms with van der Waals surface area (Å²) in [5.41, 5.74) is 2.25. The van der Waals surface area contributed by atoms with Gasteiger partial charge in [0.15, 0.2) is 0 Å². The van der Waals surface area contributed by atoms with Crippen LogP contribution in [-0.4, -0.2) is 14.3 Å². The summed E-state index contributed by atoms with van der Waals surface area (Å²) in [7, 11) is 0. The maximum Gasteiger partial charge on any atom is 0.250 e. The Morgan fingerprint density at radius 3 is 2.69 bits per heavy atom. The van der Waals surface area contributed by atoms with Gasteiger partial charge in [-0.05, 0) is 25.5 Å². The zero-order valence-corrected chi connectivity index (χ0v) is 9.55. The number of aromatic nitrogens is 3. The van der Waals surface area contributed by atoms with Crippen LogP contribution in [0.1, 0.15) is 11.3 Å². The van der Waals surface area contributed by atoms with Gasteiger partial charge < -0.3 is 4.57 Å². The molecule has 0 bridgehead atoms. The van der Waals surface area contributed by atoms with E-state index in [1.165, 1.54) is 5.56 Å². The van der Waals surface area contributed by atoms with E-state index in [-0.39, 0.29) is 5.56 Å². The molecule has 16 heavy (non-hydrogen) atoms. The summed E-state index contributed by atoms with van der Waals surface area (Å²) >= 11 is 0. The van der Waals surface area contributed by atoms with Crippen LogP contribution in [-0.2, 0) is 13.1 Å². The normalized spacial score (nSPS) is 10.6. The molecular weight excluding hydrogens is 202 g/mol. The molecule has 4 nitrogen and oxygen atoms in total. The van der Waals surface area contributed by atoms with Crippen molar-refractivity contribution >= 4 is 0 Å². The van der Waals surface area contributed by atoms with E-state index in [4.69, 9.17) is 0 Å². The monoisotopic (exact) mass is 217 g/mol. The van der Waals surface area contributed by atoms with Gasteiger partial charge in [-0.15, -0.1) is 0 Å². The lowest BCUT2D eigenvalue weighted by atomic mass is 10.3. The van der Waals surface area contributed by atoms with E-state index in [0.29, 0.717) is 6.54 Å². The van der Waals surface area contributed by atoms with E-state index in [1.807, 2.05) is 30.8 Å². The SMILES string of the molecule is Cc1cn(CCn2ccccc2=O)nc1C. The zero-order chi connectivity index (χ0) is 11.5. The Labute approximate surface area is 94.1 Å². The molecule has 0 saturated heterocycles. The van der Waals surface area contributed by atoms with Crippen molar-refractivity contribution in [2.24, 2.45) is 0 Å². The quantitative estimate of drug-likeness (QED) is 0.778. The predicted molar refractivity (Wildman–Crippen MR) is 62.4 cm³/mol. The van der Waals surface area contributed by atoms with E-state index in [2.05, 4.69) is 5.10 Å². The van der Waals surface area contributed by atoms with Gasteiger partial charge >= 0.3 is 0 Å². The fourth-order valence-electron chi connectivity index (χ4n) is 1.59. The summed E-state index contributed by atoms with van der Waals surface area (Å²) in [5, 5.41) is 4.36. The van der Waals surface area contributed by atoms with E-state index in [9.17, 15) is 4.79 Å². The molecule has 0 aliphatic heterocycles. The standard InChI is InChI=1S/C12H15N3O/c1-10-9-15(13-11(10)2)8-7-14-6-4-3-5-12(14)16/h3-6,9H,7-8H2,1-2H3. The van der Waals surface area contributed by atoms with Crippen molar-refractivity contribution in [2.45, 2.75) is 26.9 Å². The van der Waals surface area contributed by atoms with Crippen molar-refractivity contribution in [1.82, 2.24) is 14.3 Å². The van der Waals surface area contributed by atoms with Gasteiger partial charge in [0.2, 0.25) is 0 Å². The molecule has 0 radical (unpaired) electrons. The molecule has 0 N–H and O–H groups in total. The Hall–Kier alpha value is -1.84. The minimum atomic E-state index is 0.0306. The second kappa shape index (κ2) is 4.35. The van der Waals surface area contributed by atoms with Crippen LogP contribution < -0.4 is 5.56 Å². The summed E-state index contributed by atoms with van der Waals surface area (Å²) < 4.78 is 3.57. The first-order chi connectivity index (χ1) is 7.66. The van der Waals surface area contributed by atoms with Crippen molar-refractivity contribution in [1.29, 1.82) is 0 Å². The molecule has 2 aromatic rings. The van der Waals surface area contributed by atoms with Gasteiger partial charge in [-0.25, -0.2) is 0 Å². The smallest absolute Gasteiger partial charge is 0.250 e. The van der Waals surface area contributed by atoms with Gasteiger partial charge in [0, 0.05) is 25.0 Å². The van der Waals surface area contributed by atoms with Gasteiger partial charge in [0.25, 0.3) is 5.56 Å². The van der Waals surface area contributed by atoms with Crippen LogP contribution in [0.5, 0.6) is 0 Å². The fourth-order valence-corrected chi connectivity index (χ4v) is 1.59. The Morgan fingerprint density at radius 2 is 2.06 bits per heavy atom. The van der Waals surface area contributed by atoms with Crippen molar-refractivity contribution < 1.29 is 0 Å². The summed E-state index contributed by atoms with van der Waals surface area (Å²) in [5.74, 6) is 0. The predicted octanol–water partition coefficient (Wildman–Crippen LogP) is 1.36. The maximum absolute atomic E-state index is 11.4. The van der Waals surface area contributed by atoms with Crippen LogP contribution in [0.4, 0.5) is 0 Å². The molecule has 2 rings (SSSR count). The molecule has 0 aliphatic rings. The first kappa shape index (κ1) is 10.7. The number of aryl methyl sites for hydroxylation is 4. The largest absolute Gasteiger partial charge is 0.314 e. The van der Waals surface area contributed by atoms with Gasteiger partial charge in [0.1, 0.15) is 0 Å². The highest BCUT2D eigenvalue weighted by Crippen LogP contribution is 2.02. The van der Waals surface area contributed by atoms with Crippen LogP contribution >= 0.6 is 0 Å². The number of hydrogen-bond acceptors (Lipinski definition) is 2. The third-order valence-electron chi connectivity index (χ3n) is 2.66. The molecular formula is C12H15N3O. The fraction of sp³-hybridized carbons (Fsp3) is 0.333. The molecule has 0 aliphatic carbocycles. The molecule has 0 aromatic carbocycles. The summed E-state index contributed by atoms with van der Waals surface area (Å²) in [6.07, 6.45) is 3.80. The van der Waals surface area contributed by atoms with E-state index < -0.39 is 0 Å². The van der Waals surface area contributed by atoms with Crippen molar-refractivity contribution in [3.63, 3.8) is 0 Å². The Morgan fingerprint density at radius 1 is 1.25 bits per heavy atom. The molecule has 4 heteroatoms. The van der Waals surface area contributed by atoms with Crippen molar-refractivity contribution in [3.05, 3.63) is 52.2 Å². The molecule has 0 amide bonds. The summed E-state index contributed by atoms with van der Waals surface area (Å²) in [6, 6.07) is 5.18. The average molecular weight is 217 g/mol. The molecule has 0 fully saturated rings. The number of pyridine rings is 1. The van der Waals surface area contributed by atoms with Crippen LogP contribution in [0.15, 0.2) is 35.4 Å². The second-order valence-electron chi connectivity index (χ2n) is 3.89. The van der Waals surface area contributed by atoms with Gasteiger partial charge in [-0.2, -0.15) is 5.10 Å². The van der Waals surface area contributed by atoms with Crippen LogP contribution in [0, 0.1) is 13.8 Å². The first-order valence-corrected chi connectivity index (χ1v) is 5.33. The number of rotatable bonds is 3. The Kier molecular flexibility index (Phi) is 2.90. The number of hydrogen-bond donors (Lipinski definition) is 0. The van der Waals surface area contributed by atoms with Gasteiger partial charge in [-0.1, -0.05) is 6.07 Å². The lowest BCUT2D eigenvalue weighted by Crippen LogP contribution is -2.20. The van der Waals surface area contributed by atoms with Gasteiger partial charge in [0.05, 0.1) is 12.2 Å². The third kappa shape index (κ3) is 2.21. The highest BCUT2D eigenvalue weighted by atomic mass is 16.1. The summed E-state index contributed by atoms with van der Waals surface area (Å²) in [6.45, 7) is 5.40. The Balaban J connectivity index is 2.08. The van der Waals surface area contributed by atoms with E-state index >= 15 is 0 Å². The topological polar surface area (TPSA) is 39.8 Å². The molecule has 2 aromatic heterocycles. The van der Waals surface area contributed by atoms with Crippen LogP contribution in [0.25, 0.3) is 0 Å². The molecule has 84 valence electrons. The van der Waals surface area contributed by atoms with Crippen molar-refractivity contribution in [2.75, 3.05) is 0 Å². The molecule has 2 heterocycles. The highest BCUT2D eigenvalue weighted by molar-refractivity contribution is 5.12. The zero-order valence-electron chi connectivity index (χ0n) is 9.55. The molecule has 0 atom stereocenters. The molecule has 0 unspecified atom stereocenters. The van der Waals surface area contributed by atoms with Gasteiger partial charge in [-0.3, -0.25) is 9.48 Å². The maximum atomic E-state index is 11.4.